The lowest BCUT2D eigenvalue weighted by Gasteiger charge is -2.17. The molecule has 0 aliphatic heterocycles. The van der Waals surface area contributed by atoms with Crippen LogP contribution in [0.3, 0.4) is 0 Å². The molecule has 0 radical (unpaired) electrons. The summed E-state index contributed by atoms with van der Waals surface area (Å²) in [4.78, 5) is 0. The van der Waals surface area contributed by atoms with Crippen molar-refractivity contribution in [3.63, 3.8) is 0 Å². The number of hydrogen-bond donors (Lipinski definition) is 1. The van der Waals surface area contributed by atoms with Gasteiger partial charge in [-0.15, -0.1) is 21.5 Å². The van der Waals surface area contributed by atoms with Crippen LogP contribution in [-0.2, 0) is 11.8 Å². The molecule has 1 aromatic rings. The van der Waals surface area contributed by atoms with Crippen molar-refractivity contribution in [1.82, 2.24) is 15.5 Å². The van der Waals surface area contributed by atoms with Crippen LogP contribution in [-0.4, -0.2) is 23.3 Å². The van der Waals surface area contributed by atoms with E-state index in [4.69, 9.17) is 0 Å². The zero-order valence-corrected chi connectivity index (χ0v) is 13.2. The summed E-state index contributed by atoms with van der Waals surface area (Å²) >= 11 is 1.78. The van der Waals surface area contributed by atoms with Gasteiger partial charge in [-0.1, -0.05) is 34.6 Å². The van der Waals surface area contributed by atoms with E-state index in [1.165, 1.54) is 10.0 Å². The molecule has 104 valence electrons. The molecule has 1 heterocycles. The molecule has 0 fully saturated rings. The Bertz CT molecular complexity index is 345. The zero-order valence-electron chi connectivity index (χ0n) is 12.4. The van der Waals surface area contributed by atoms with E-state index in [1.54, 1.807) is 11.3 Å². The molecule has 0 amide bonds. The highest BCUT2D eigenvalue weighted by Gasteiger charge is 2.22. The molecule has 0 saturated heterocycles. The fourth-order valence-electron chi connectivity index (χ4n) is 1.53. The zero-order chi connectivity index (χ0) is 13.6. The average Bonchev–Trinajstić information content (AvgIpc) is 2.77. The summed E-state index contributed by atoms with van der Waals surface area (Å²) in [6.07, 6.45) is 3.30. The third-order valence-electron chi connectivity index (χ3n) is 3.23. The topological polar surface area (TPSA) is 37.8 Å². The Morgan fingerprint density at radius 2 is 2.00 bits per heavy atom. The lowest BCUT2D eigenvalue weighted by atomic mass is 9.91. The number of aromatic nitrogens is 2. The Morgan fingerprint density at radius 1 is 1.28 bits per heavy atom. The van der Waals surface area contributed by atoms with Crippen LogP contribution in [0.1, 0.15) is 57.5 Å². The number of rotatable bonds is 8. The van der Waals surface area contributed by atoms with Gasteiger partial charge in [0.05, 0.1) is 0 Å². The van der Waals surface area contributed by atoms with Crippen molar-refractivity contribution in [3.8, 4) is 0 Å². The van der Waals surface area contributed by atoms with Gasteiger partial charge < -0.3 is 5.32 Å². The normalized spacial score (nSPS) is 12.3. The molecule has 1 aromatic heterocycles. The Kier molecular flexibility index (Phi) is 6.22. The lowest BCUT2D eigenvalue weighted by molar-refractivity contribution is 0.498. The van der Waals surface area contributed by atoms with E-state index in [-0.39, 0.29) is 5.41 Å². The summed E-state index contributed by atoms with van der Waals surface area (Å²) in [7, 11) is 0. The van der Waals surface area contributed by atoms with Gasteiger partial charge in [-0.05, 0) is 31.8 Å². The molecule has 0 unspecified atom stereocenters. The lowest BCUT2D eigenvalue weighted by Crippen LogP contribution is -2.21. The van der Waals surface area contributed by atoms with E-state index < -0.39 is 0 Å². The summed E-state index contributed by atoms with van der Waals surface area (Å²) in [6, 6.07) is 0. The number of aryl methyl sites for hydroxylation is 1. The van der Waals surface area contributed by atoms with Crippen molar-refractivity contribution in [2.45, 2.75) is 59.3 Å². The molecule has 0 bridgehead atoms. The van der Waals surface area contributed by atoms with Gasteiger partial charge in [-0.3, -0.25) is 0 Å². The largest absolute Gasteiger partial charge is 0.316 e. The van der Waals surface area contributed by atoms with Crippen molar-refractivity contribution >= 4 is 11.3 Å². The fourth-order valence-corrected chi connectivity index (χ4v) is 2.59. The summed E-state index contributed by atoms with van der Waals surface area (Å²) < 4.78 is 0. The molecule has 0 spiro atoms. The van der Waals surface area contributed by atoms with Gasteiger partial charge in [0, 0.05) is 11.8 Å². The SMILES string of the molecule is CCC(C)(C)c1nnc(CCCNCC(C)C)s1. The molecule has 0 aliphatic rings. The van der Waals surface area contributed by atoms with Crippen molar-refractivity contribution in [1.29, 1.82) is 0 Å². The number of nitrogens with one attached hydrogen (secondary N) is 1. The van der Waals surface area contributed by atoms with Crippen LogP contribution in [0, 0.1) is 5.92 Å². The first-order valence-corrected chi connectivity index (χ1v) is 7.81. The standard InChI is InChI=1S/C14H27N3S/c1-6-14(4,5)13-17-16-12(18-13)8-7-9-15-10-11(2)3/h11,15H,6-10H2,1-5H3. The Morgan fingerprint density at radius 3 is 2.61 bits per heavy atom. The van der Waals surface area contributed by atoms with Crippen LogP contribution < -0.4 is 5.32 Å². The Balaban J connectivity index is 2.32. The van der Waals surface area contributed by atoms with E-state index in [0.29, 0.717) is 0 Å². The van der Waals surface area contributed by atoms with Gasteiger partial charge >= 0.3 is 0 Å². The molecular weight excluding hydrogens is 242 g/mol. The Labute approximate surface area is 115 Å². The van der Waals surface area contributed by atoms with Crippen molar-refractivity contribution in [2.75, 3.05) is 13.1 Å². The smallest absolute Gasteiger partial charge is 0.123 e. The van der Waals surface area contributed by atoms with Crippen LogP contribution in [0.25, 0.3) is 0 Å². The first-order chi connectivity index (χ1) is 8.45. The molecule has 1 N–H and O–H groups in total. The minimum absolute atomic E-state index is 0.172. The molecule has 3 nitrogen and oxygen atoms in total. The number of nitrogens with zero attached hydrogens (tertiary/aromatic N) is 2. The van der Waals surface area contributed by atoms with Crippen molar-refractivity contribution in [3.05, 3.63) is 10.0 Å². The quantitative estimate of drug-likeness (QED) is 0.735. The van der Waals surface area contributed by atoms with E-state index in [1.807, 2.05) is 0 Å². The molecule has 1 rings (SSSR count). The van der Waals surface area contributed by atoms with Crippen LogP contribution in [0.15, 0.2) is 0 Å². The van der Waals surface area contributed by atoms with Crippen LogP contribution in [0.4, 0.5) is 0 Å². The minimum atomic E-state index is 0.172. The molecule has 0 saturated carbocycles. The molecule has 0 aliphatic carbocycles. The van der Waals surface area contributed by atoms with Crippen LogP contribution >= 0.6 is 11.3 Å². The van der Waals surface area contributed by atoms with E-state index in [9.17, 15) is 0 Å². The molecule has 0 aromatic carbocycles. The van der Waals surface area contributed by atoms with E-state index in [2.05, 4.69) is 50.1 Å². The summed E-state index contributed by atoms with van der Waals surface area (Å²) in [5, 5.41) is 14.5. The van der Waals surface area contributed by atoms with Crippen LogP contribution in [0.5, 0.6) is 0 Å². The van der Waals surface area contributed by atoms with Gasteiger partial charge in [-0.2, -0.15) is 0 Å². The fraction of sp³-hybridized carbons (Fsp3) is 0.857. The Hall–Kier alpha value is -0.480. The molecule has 18 heavy (non-hydrogen) atoms. The first kappa shape index (κ1) is 15.6. The first-order valence-electron chi connectivity index (χ1n) is 6.99. The summed E-state index contributed by atoms with van der Waals surface area (Å²) in [5.41, 5.74) is 0.172. The minimum Gasteiger partial charge on any atom is -0.316 e. The van der Waals surface area contributed by atoms with Crippen LogP contribution in [0.2, 0.25) is 0 Å². The molecule has 4 heteroatoms. The van der Waals surface area contributed by atoms with Gasteiger partial charge in [-0.25, -0.2) is 0 Å². The maximum absolute atomic E-state index is 4.33. The van der Waals surface area contributed by atoms with Gasteiger partial charge in [0.1, 0.15) is 10.0 Å². The third kappa shape index (κ3) is 5.02. The highest BCUT2D eigenvalue weighted by Crippen LogP contribution is 2.29. The van der Waals surface area contributed by atoms with Gasteiger partial charge in [0.2, 0.25) is 0 Å². The van der Waals surface area contributed by atoms with Crippen molar-refractivity contribution in [2.24, 2.45) is 5.92 Å². The van der Waals surface area contributed by atoms with Gasteiger partial charge in [0.15, 0.2) is 0 Å². The van der Waals surface area contributed by atoms with E-state index >= 15 is 0 Å². The van der Waals surface area contributed by atoms with Gasteiger partial charge in [0.25, 0.3) is 0 Å². The third-order valence-corrected chi connectivity index (χ3v) is 4.58. The predicted molar refractivity (Wildman–Crippen MR) is 79.3 cm³/mol. The monoisotopic (exact) mass is 269 g/mol. The number of hydrogen-bond acceptors (Lipinski definition) is 4. The second-order valence-electron chi connectivity index (χ2n) is 5.94. The maximum atomic E-state index is 4.33. The second-order valence-corrected chi connectivity index (χ2v) is 7.00. The molecular formula is C14H27N3S. The average molecular weight is 269 g/mol. The second kappa shape index (κ2) is 7.19. The predicted octanol–water partition coefficient (Wildman–Crippen LogP) is 3.40. The summed E-state index contributed by atoms with van der Waals surface area (Å²) in [6.45, 7) is 13.3. The van der Waals surface area contributed by atoms with E-state index in [0.717, 1.165) is 38.3 Å². The highest BCUT2D eigenvalue weighted by atomic mass is 32.1. The van der Waals surface area contributed by atoms with Crippen molar-refractivity contribution < 1.29 is 0 Å². The summed E-state index contributed by atoms with van der Waals surface area (Å²) in [5.74, 6) is 0.725. The molecule has 0 atom stereocenters. The highest BCUT2D eigenvalue weighted by molar-refractivity contribution is 7.11. The maximum Gasteiger partial charge on any atom is 0.123 e.